The van der Waals surface area contributed by atoms with Crippen molar-refractivity contribution in [1.29, 1.82) is 0 Å². The Labute approximate surface area is 149 Å². The molecule has 140 valence electrons. The van der Waals surface area contributed by atoms with E-state index in [0.717, 1.165) is 13.0 Å². The third-order valence-electron chi connectivity index (χ3n) is 3.83. The lowest BCUT2D eigenvalue weighted by Gasteiger charge is -2.13. The molecule has 1 aliphatic heterocycles. The largest absolute Gasteiger partial charge is 0.490 e. The minimum absolute atomic E-state index is 0.0738. The van der Waals surface area contributed by atoms with Crippen molar-refractivity contribution < 1.29 is 22.7 Å². The summed E-state index contributed by atoms with van der Waals surface area (Å²) in [5.74, 6) is 0.463. The van der Waals surface area contributed by atoms with Crippen LogP contribution < -0.4 is 20.1 Å². The van der Waals surface area contributed by atoms with Crippen molar-refractivity contribution in [3.63, 3.8) is 0 Å². The van der Waals surface area contributed by atoms with Gasteiger partial charge in [0.1, 0.15) is 0 Å². The minimum atomic E-state index is -3.56. The fourth-order valence-electron chi connectivity index (χ4n) is 2.46. The predicted molar refractivity (Wildman–Crippen MR) is 94.9 cm³/mol. The highest BCUT2D eigenvalue weighted by molar-refractivity contribution is 7.91. The molecule has 1 aromatic rings. The van der Waals surface area contributed by atoms with Gasteiger partial charge in [0.05, 0.1) is 23.9 Å². The molecule has 1 aliphatic rings. The fraction of sp³-hybridized carbons (Fsp3) is 0.588. The highest BCUT2D eigenvalue weighted by Crippen LogP contribution is 2.32. The summed E-state index contributed by atoms with van der Waals surface area (Å²) in [4.78, 5) is 12.0. The molecule has 1 amide bonds. The van der Waals surface area contributed by atoms with Gasteiger partial charge in [-0.2, -0.15) is 0 Å². The van der Waals surface area contributed by atoms with E-state index in [1.54, 1.807) is 6.07 Å². The van der Waals surface area contributed by atoms with Crippen LogP contribution in [-0.4, -0.2) is 52.4 Å². The number of rotatable bonds is 8. The Bertz CT molecular complexity index is 690. The van der Waals surface area contributed by atoms with Gasteiger partial charge in [-0.05, 0) is 25.6 Å². The van der Waals surface area contributed by atoms with Gasteiger partial charge < -0.3 is 20.1 Å². The second kappa shape index (κ2) is 9.05. The van der Waals surface area contributed by atoms with Crippen molar-refractivity contribution in [2.24, 2.45) is 0 Å². The molecule has 0 aliphatic carbocycles. The molecule has 0 saturated carbocycles. The van der Waals surface area contributed by atoms with E-state index in [-0.39, 0.29) is 29.0 Å². The monoisotopic (exact) mass is 370 g/mol. The average Bonchev–Trinajstić information content (AvgIpc) is 2.83. The van der Waals surface area contributed by atoms with Crippen LogP contribution in [-0.2, 0) is 14.6 Å². The molecule has 1 aromatic carbocycles. The number of ether oxygens (including phenoxy) is 2. The normalized spacial score (nSPS) is 15.3. The highest BCUT2D eigenvalue weighted by atomic mass is 32.2. The van der Waals surface area contributed by atoms with Gasteiger partial charge in [-0.25, -0.2) is 8.42 Å². The number of benzene rings is 1. The van der Waals surface area contributed by atoms with Crippen molar-refractivity contribution in [3.05, 3.63) is 18.2 Å². The van der Waals surface area contributed by atoms with Gasteiger partial charge in [-0.15, -0.1) is 0 Å². The average molecular weight is 370 g/mol. The molecule has 0 radical (unpaired) electrons. The molecule has 0 saturated heterocycles. The molecule has 7 nitrogen and oxygen atoms in total. The molecule has 0 spiro atoms. The van der Waals surface area contributed by atoms with E-state index in [1.807, 2.05) is 13.8 Å². The zero-order valence-corrected chi connectivity index (χ0v) is 15.5. The van der Waals surface area contributed by atoms with Crippen LogP contribution >= 0.6 is 0 Å². The number of carbonyl (C=O) groups excluding carboxylic acids is 1. The van der Waals surface area contributed by atoms with Gasteiger partial charge in [0, 0.05) is 31.5 Å². The van der Waals surface area contributed by atoms with Gasteiger partial charge in [0.2, 0.25) is 5.91 Å². The van der Waals surface area contributed by atoms with E-state index in [1.165, 1.54) is 12.1 Å². The molecule has 0 unspecified atom stereocenters. The standard InChI is InChI=1S/C17H26N2O5S/c1-3-18-13(2)12-19-17(20)7-10-25(21,22)14-5-6-15-16(11-14)24-9-4-8-23-15/h5-6,11,13,18H,3-4,7-10,12H2,1-2H3,(H,19,20)/t13-/m1/s1. The van der Waals surface area contributed by atoms with E-state index in [2.05, 4.69) is 10.6 Å². The van der Waals surface area contributed by atoms with Crippen LogP contribution in [0.4, 0.5) is 0 Å². The lowest BCUT2D eigenvalue weighted by molar-refractivity contribution is -0.120. The minimum Gasteiger partial charge on any atom is -0.490 e. The summed E-state index contributed by atoms with van der Waals surface area (Å²) < 4.78 is 35.9. The molecule has 1 heterocycles. The summed E-state index contributed by atoms with van der Waals surface area (Å²) >= 11 is 0. The predicted octanol–water partition coefficient (Wildman–Crippen LogP) is 1.13. The van der Waals surface area contributed by atoms with E-state index < -0.39 is 9.84 Å². The van der Waals surface area contributed by atoms with E-state index in [4.69, 9.17) is 9.47 Å². The Balaban J connectivity index is 1.93. The molecule has 25 heavy (non-hydrogen) atoms. The molecule has 8 heteroatoms. The summed E-state index contributed by atoms with van der Waals surface area (Å²) in [6, 6.07) is 4.72. The molecule has 0 aromatic heterocycles. The lowest BCUT2D eigenvalue weighted by Crippen LogP contribution is -2.39. The first kappa shape index (κ1) is 19.5. The number of hydrogen-bond acceptors (Lipinski definition) is 6. The maximum Gasteiger partial charge on any atom is 0.221 e. The quantitative estimate of drug-likeness (QED) is 0.712. The van der Waals surface area contributed by atoms with Crippen molar-refractivity contribution in [3.8, 4) is 11.5 Å². The fourth-order valence-corrected chi connectivity index (χ4v) is 3.71. The van der Waals surface area contributed by atoms with Crippen LogP contribution in [0.1, 0.15) is 26.7 Å². The first-order valence-electron chi connectivity index (χ1n) is 8.55. The number of likely N-dealkylation sites (N-methyl/N-ethyl adjacent to an activating group) is 1. The van der Waals surface area contributed by atoms with Crippen LogP contribution in [0.15, 0.2) is 23.1 Å². The maximum absolute atomic E-state index is 12.5. The Morgan fingerprint density at radius 3 is 2.68 bits per heavy atom. The first-order valence-corrected chi connectivity index (χ1v) is 10.2. The molecular formula is C17H26N2O5S. The van der Waals surface area contributed by atoms with Crippen LogP contribution in [0.5, 0.6) is 11.5 Å². The third kappa shape index (κ3) is 5.89. The summed E-state index contributed by atoms with van der Waals surface area (Å²) in [7, 11) is -3.56. The van der Waals surface area contributed by atoms with Crippen LogP contribution in [0.25, 0.3) is 0 Å². The number of fused-ring (bicyclic) bond motifs is 1. The molecule has 0 fully saturated rings. The topological polar surface area (TPSA) is 93.7 Å². The first-order chi connectivity index (χ1) is 11.9. The Morgan fingerprint density at radius 1 is 1.24 bits per heavy atom. The number of sulfone groups is 1. The Kier molecular flexibility index (Phi) is 7.07. The van der Waals surface area contributed by atoms with Gasteiger partial charge in [-0.1, -0.05) is 6.92 Å². The second-order valence-corrected chi connectivity index (χ2v) is 8.10. The third-order valence-corrected chi connectivity index (χ3v) is 5.55. The zero-order valence-electron chi connectivity index (χ0n) is 14.7. The Hall–Kier alpha value is -1.80. The van der Waals surface area contributed by atoms with Crippen molar-refractivity contribution >= 4 is 15.7 Å². The van der Waals surface area contributed by atoms with E-state index >= 15 is 0 Å². The highest BCUT2D eigenvalue weighted by Gasteiger charge is 2.20. The van der Waals surface area contributed by atoms with Crippen LogP contribution in [0.3, 0.4) is 0 Å². The molecule has 2 N–H and O–H groups in total. The van der Waals surface area contributed by atoms with E-state index in [9.17, 15) is 13.2 Å². The van der Waals surface area contributed by atoms with Crippen LogP contribution in [0, 0.1) is 0 Å². The van der Waals surface area contributed by atoms with Crippen molar-refractivity contribution in [2.75, 3.05) is 32.1 Å². The van der Waals surface area contributed by atoms with Gasteiger partial charge in [0.25, 0.3) is 0 Å². The Morgan fingerprint density at radius 2 is 1.96 bits per heavy atom. The van der Waals surface area contributed by atoms with Gasteiger partial charge in [-0.3, -0.25) is 4.79 Å². The zero-order chi connectivity index (χ0) is 18.3. The number of nitrogens with one attached hydrogen (secondary N) is 2. The smallest absolute Gasteiger partial charge is 0.221 e. The lowest BCUT2D eigenvalue weighted by atomic mass is 10.3. The van der Waals surface area contributed by atoms with Gasteiger partial charge in [0.15, 0.2) is 21.3 Å². The van der Waals surface area contributed by atoms with E-state index in [0.29, 0.717) is 31.3 Å². The van der Waals surface area contributed by atoms with Gasteiger partial charge >= 0.3 is 0 Å². The van der Waals surface area contributed by atoms with Crippen LogP contribution in [0.2, 0.25) is 0 Å². The summed E-state index contributed by atoms with van der Waals surface area (Å²) in [5.41, 5.74) is 0. The number of amides is 1. The molecular weight excluding hydrogens is 344 g/mol. The second-order valence-electron chi connectivity index (χ2n) is 5.99. The molecule has 2 rings (SSSR count). The summed E-state index contributed by atoms with van der Waals surface area (Å²) in [5, 5.41) is 5.91. The van der Waals surface area contributed by atoms with Crippen molar-refractivity contribution in [2.45, 2.75) is 37.6 Å². The SMILES string of the molecule is CCN[C@H](C)CNC(=O)CCS(=O)(=O)c1ccc2c(c1)OCCCO2. The summed E-state index contributed by atoms with van der Waals surface area (Å²) in [6.07, 6.45) is 0.678. The maximum atomic E-state index is 12.5. The number of hydrogen-bond donors (Lipinski definition) is 2. The molecule has 1 atom stereocenters. The summed E-state index contributed by atoms with van der Waals surface area (Å²) in [6.45, 7) is 6.26. The van der Waals surface area contributed by atoms with Crippen molar-refractivity contribution in [1.82, 2.24) is 10.6 Å². The molecule has 0 bridgehead atoms. The number of carbonyl (C=O) groups is 1.